The molecule has 6 rings (SSSR count). The molecule has 5 unspecified atom stereocenters. The predicted octanol–water partition coefficient (Wildman–Crippen LogP) is 4.16. The van der Waals surface area contributed by atoms with Crippen molar-refractivity contribution in [3.63, 3.8) is 0 Å². The molecule has 274 valence electrons. The Balaban J connectivity index is 1.26. The molecule has 0 radical (unpaired) electrons. The molecule has 0 aromatic heterocycles. The smallest absolute Gasteiger partial charge is 0.338 e. The number of benzene rings is 4. The topological polar surface area (TPSA) is 164 Å². The molecule has 5 N–H and O–H groups in total. The number of fused-ring (bicyclic) bond motifs is 1. The maximum absolute atomic E-state index is 13.7. The number of aliphatic hydroxyl groups is 2. The van der Waals surface area contributed by atoms with Gasteiger partial charge in [0, 0.05) is 29.7 Å². The van der Waals surface area contributed by atoms with Crippen LogP contribution in [0.5, 0.6) is 5.75 Å². The summed E-state index contributed by atoms with van der Waals surface area (Å²) in [6.45, 7) is 1.01. The minimum atomic E-state index is -1.40. The third kappa shape index (κ3) is 8.56. The lowest BCUT2D eigenvalue weighted by molar-refractivity contribution is -0.157. The Kier molecular flexibility index (Phi) is 11.8. The molecule has 5 atom stereocenters. The number of aliphatic hydroxyl groups excluding tert-OH is 2. The van der Waals surface area contributed by atoms with Crippen LogP contribution in [0.3, 0.4) is 0 Å². The van der Waals surface area contributed by atoms with Gasteiger partial charge in [-0.05, 0) is 48.7 Å². The fourth-order valence-corrected chi connectivity index (χ4v) is 6.46. The van der Waals surface area contributed by atoms with E-state index < -0.39 is 54.0 Å². The first kappa shape index (κ1) is 37.2. The quantitative estimate of drug-likeness (QED) is 0.128. The van der Waals surface area contributed by atoms with Crippen molar-refractivity contribution in [2.24, 2.45) is 0 Å². The van der Waals surface area contributed by atoms with E-state index in [-0.39, 0.29) is 36.5 Å². The Hall–Kier alpha value is -5.59. The summed E-state index contributed by atoms with van der Waals surface area (Å²) in [7, 11) is 0. The van der Waals surface area contributed by atoms with Crippen molar-refractivity contribution in [3.8, 4) is 5.75 Å². The van der Waals surface area contributed by atoms with Crippen molar-refractivity contribution in [3.05, 3.63) is 155 Å². The Labute approximate surface area is 307 Å². The van der Waals surface area contributed by atoms with E-state index in [1.54, 1.807) is 42.5 Å². The van der Waals surface area contributed by atoms with Gasteiger partial charge in [-0.15, -0.1) is 0 Å². The summed E-state index contributed by atoms with van der Waals surface area (Å²) in [6.07, 6.45) is 1.97. The molecule has 1 aliphatic carbocycles. The van der Waals surface area contributed by atoms with Crippen LogP contribution in [0.1, 0.15) is 46.0 Å². The second-order valence-electron chi connectivity index (χ2n) is 12.9. The zero-order valence-corrected chi connectivity index (χ0v) is 29.1. The van der Waals surface area contributed by atoms with Gasteiger partial charge in [0.15, 0.2) is 0 Å². The highest BCUT2D eigenvalue weighted by molar-refractivity contribution is 5.97. The Morgan fingerprint density at radius 1 is 0.906 bits per heavy atom. The Bertz CT molecular complexity index is 1900. The first-order valence-electron chi connectivity index (χ1n) is 17.5. The van der Waals surface area contributed by atoms with Gasteiger partial charge >= 0.3 is 5.97 Å². The number of aromatic hydroxyl groups is 1. The fourth-order valence-electron chi connectivity index (χ4n) is 6.46. The number of hydrogen-bond acceptors (Lipinski definition) is 9. The van der Waals surface area contributed by atoms with Crippen LogP contribution in [0, 0.1) is 0 Å². The number of nitrogens with one attached hydrogen (secondary N) is 2. The highest BCUT2D eigenvalue weighted by Gasteiger charge is 2.55. The maximum atomic E-state index is 13.7. The third-order valence-corrected chi connectivity index (χ3v) is 9.19. The molecule has 1 saturated heterocycles. The summed E-state index contributed by atoms with van der Waals surface area (Å²) in [5.41, 5.74) is 3.50. The van der Waals surface area contributed by atoms with Gasteiger partial charge in [0.1, 0.15) is 30.1 Å². The van der Waals surface area contributed by atoms with E-state index in [4.69, 9.17) is 19.3 Å². The summed E-state index contributed by atoms with van der Waals surface area (Å²) in [4.78, 5) is 40.2. The van der Waals surface area contributed by atoms with Crippen molar-refractivity contribution in [1.82, 2.24) is 10.6 Å². The lowest BCUT2D eigenvalue weighted by Crippen LogP contribution is -2.54. The molecule has 11 heteroatoms. The average Bonchev–Trinajstić information content (AvgIpc) is 3.59. The van der Waals surface area contributed by atoms with Crippen molar-refractivity contribution in [2.45, 2.75) is 56.0 Å². The van der Waals surface area contributed by atoms with Crippen LogP contribution in [0.4, 0.5) is 0 Å². The standard InChI is InChI=1S/C42H42N2O9/c1-27(46)37(40(49)43-23-24-45)44-39(48)31-25-35(51-41(50)30-21-19-28(20-22-30)11-10-13-29-12-8-9-18-34(29)47)38-36(26-31)52-42(53-38,32-14-4-2-5-15-32)33-16-6-3-7-17-33/h2-12,14-22,26-27,35-38,45-47H,13,23-25H2,1H3,(H,43,49)(H,44,48). The van der Waals surface area contributed by atoms with Gasteiger partial charge in [-0.25, -0.2) is 4.79 Å². The highest BCUT2D eigenvalue weighted by atomic mass is 16.8. The Morgan fingerprint density at radius 2 is 1.55 bits per heavy atom. The molecule has 1 aliphatic heterocycles. The van der Waals surface area contributed by atoms with Gasteiger partial charge in [-0.2, -0.15) is 0 Å². The monoisotopic (exact) mass is 718 g/mol. The molecular formula is C42H42N2O9. The van der Waals surface area contributed by atoms with E-state index in [9.17, 15) is 24.6 Å². The number of allylic oxidation sites excluding steroid dienone is 1. The van der Waals surface area contributed by atoms with Gasteiger partial charge in [0.25, 0.3) is 0 Å². The van der Waals surface area contributed by atoms with Crippen molar-refractivity contribution >= 4 is 23.9 Å². The summed E-state index contributed by atoms with van der Waals surface area (Å²) < 4.78 is 19.6. The molecule has 1 heterocycles. The maximum Gasteiger partial charge on any atom is 0.338 e. The van der Waals surface area contributed by atoms with Crippen LogP contribution >= 0.6 is 0 Å². The molecule has 11 nitrogen and oxygen atoms in total. The molecule has 0 spiro atoms. The summed E-state index contributed by atoms with van der Waals surface area (Å²) in [5, 5.41) is 34.6. The molecular weight excluding hydrogens is 676 g/mol. The number of para-hydroxylation sites is 1. The predicted molar refractivity (Wildman–Crippen MR) is 196 cm³/mol. The molecule has 4 aromatic rings. The fraction of sp³-hybridized carbons (Fsp3) is 0.262. The molecule has 2 amide bonds. The van der Waals surface area contributed by atoms with E-state index in [1.807, 2.05) is 84.9 Å². The molecule has 2 aliphatic rings. The SMILES string of the molecule is CC(O)C(NC(=O)C1=CC2OC(c3ccccc3)(c3ccccc3)OC2C(OC(=O)c2ccc(C=CCc3ccccc3O)cc2)C1)C(=O)NCCO. The normalized spacial score (nSPS) is 20.1. The average molecular weight is 719 g/mol. The number of carbonyl (C=O) groups excluding carboxylic acids is 3. The van der Waals surface area contributed by atoms with E-state index in [1.165, 1.54) is 6.92 Å². The van der Waals surface area contributed by atoms with Crippen LogP contribution in [-0.4, -0.2) is 76.7 Å². The van der Waals surface area contributed by atoms with Crippen molar-refractivity contribution < 1.29 is 43.9 Å². The number of ether oxygens (including phenoxy) is 3. The number of esters is 1. The second kappa shape index (κ2) is 16.8. The number of hydrogen-bond donors (Lipinski definition) is 5. The molecule has 4 aromatic carbocycles. The first-order valence-corrected chi connectivity index (χ1v) is 17.5. The number of rotatable bonds is 13. The summed E-state index contributed by atoms with van der Waals surface area (Å²) in [6, 6.07) is 31.4. The lowest BCUT2D eigenvalue weighted by Gasteiger charge is -2.31. The van der Waals surface area contributed by atoms with E-state index in [0.29, 0.717) is 17.5 Å². The van der Waals surface area contributed by atoms with Gasteiger partial charge in [-0.3, -0.25) is 9.59 Å². The number of phenols is 1. The van der Waals surface area contributed by atoms with Gasteiger partial charge in [0.05, 0.1) is 18.3 Å². The largest absolute Gasteiger partial charge is 0.508 e. The second-order valence-corrected chi connectivity index (χ2v) is 12.9. The summed E-state index contributed by atoms with van der Waals surface area (Å²) >= 11 is 0. The van der Waals surface area contributed by atoms with Crippen molar-refractivity contribution in [2.75, 3.05) is 13.2 Å². The van der Waals surface area contributed by atoms with Gasteiger partial charge in [-0.1, -0.05) is 103 Å². The van der Waals surface area contributed by atoms with Gasteiger partial charge < -0.3 is 40.2 Å². The molecule has 0 saturated carbocycles. The number of carbonyl (C=O) groups is 3. The number of amides is 2. The summed E-state index contributed by atoms with van der Waals surface area (Å²) in [5.74, 6) is -3.13. The minimum Gasteiger partial charge on any atom is -0.508 e. The van der Waals surface area contributed by atoms with Crippen molar-refractivity contribution in [1.29, 1.82) is 0 Å². The lowest BCUT2D eigenvalue weighted by atomic mass is 9.91. The Morgan fingerprint density at radius 3 is 2.17 bits per heavy atom. The number of phenolic OH excluding ortho intramolecular Hbond substituents is 1. The van der Waals surface area contributed by atoms with Crippen LogP contribution in [0.25, 0.3) is 6.08 Å². The minimum absolute atomic E-state index is 0.0514. The molecule has 0 bridgehead atoms. The van der Waals surface area contributed by atoms with E-state index in [2.05, 4.69) is 10.6 Å². The van der Waals surface area contributed by atoms with Crippen LogP contribution in [-0.2, 0) is 36.0 Å². The van der Waals surface area contributed by atoms with Crippen LogP contribution in [0.15, 0.2) is 127 Å². The highest BCUT2D eigenvalue weighted by Crippen LogP contribution is 2.47. The van der Waals surface area contributed by atoms with Crippen LogP contribution < -0.4 is 10.6 Å². The molecule has 53 heavy (non-hydrogen) atoms. The van der Waals surface area contributed by atoms with Gasteiger partial charge in [0.2, 0.25) is 17.6 Å². The first-order chi connectivity index (χ1) is 25.7. The zero-order chi connectivity index (χ0) is 37.4. The molecule has 1 fully saturated rings. The van der Waals surface area contributed by atoms with E-state index >= 15 is 0 Å². The third-order valence-electron chi connectivity index (χ3n) is 9.19. The zero-order valence-electron chi connectivity index (χ0n) is 29.1. The van der Waals surface area contributed by atoms with Crippen LogP contribution in [0.2, 0.25) is 0 Å². The van der Waals surface area contributed by atoms with E-state index in [0.717, 1.165) is 11.1 Å².